The number of hydrogen-bond acceptors (Lipinski definition) is 3. The van der Waals surface area contributed by atoms with Crippen molar-refractivity contribution in [1.82, 2.24) is 0 Å². The van der Waals surface area contributed by atoms with Gasteiger partial charge in [-0.25, -0.2) is 0 Å². The molecule has 3 heteroatoms. The van der Waals surface area contributed by atoms with E-state index in [1.807, 2.05) is 12.1 Å². The van der Waals surface area contributed by atoms with Gasteiger partial charge in [-0.2, -0.15) is 0 Å². The maximum Gasteiger partial charge on any atom is 0.165 e. The van der Waals surface area contributed by atoms with Crippen molar-refractivity contribution in [3.63, 3.8) is 0 Å². The van der Waals surface area contributed by atoms with E-state index in [4.69, 9.17) is 9.47 Å². The second-order valence-electron chi connectivity index (χ2n) is 7.91. The second kappa shape index (κ2) is 4.91. The first-order valence-corrected chi connectivity index (χ1v) is 7.91. The summed E-state index contributed by atoms with van der Waals surface area (Å²) in [6.45, 7) is 8.67. The number of benzene rings is 1. The highest BCUT2D eigenvalue weighted by Crippen LogP contribution is 2.44. The van der Waals surface area contributed by atoms with Crippen molar-refractivity contribution < 1.29 is 14.6 Å². The third kappa shape index (κ3) is 3.03. The fraction of sp³-hybridized carbons (Fsp3) is 0.667. The lowest BCUT2D eigenvalue weighted by molar-refractivity contribution is -0.0321. The first-order chi connectivity index (χ1) is 9.76. The van der Waals surface area contributed by atoms with Crippen LogP contribution in [-0.2, 0) is 6.42 Å². The molecule has 1 aromatic rings. The Morgan fingerprint density at radius 1 is 1.24 bits per heavy atom. The van der Waals surface area contributed by atoms with E-state index >= 15 is 0 Å². The van der Waals surface area contributed by atoms with Gasteiger partial charge >= 0.3 is 0 Å². The van der Waals surface area contributed by atoms with E-state index in [0.717, 1.165) is 37.2 Å². The predicted octanol–water partition coefficient (Wildman–Crippen LogP) is 3.72. The standard InChI is InChI=1S/C18H26O3/c1-17(2)9-8-13(19)15(11-17)20-14-7-5-6-12-10-18(3,4)21-16(12)14/h5-7,13,15,19H,8-11H2,1-4H3. The van der Waals surface area contributed by atoms with Gasteiger partial charge in [0, 0.05) is 12.0 Å². The fourth-order valence-corrected chi connectivity index (χ4v) is 3.47. The molecule has 1 saturated carbocycles. The molecule has 0 spiro atoms. The average molecular weight is 290 g/mol. The van der Waals surface area contributed by atoms with Crippen LogP contribution in [-0.4, -0.2) is 22.9 Å². The molecule has 1 heterocycles. The summed E-state index contributed by atoms with van der Waals surface area (Å²) in [5.74, 6) is 1.64. The summed E-state index contributed by atoms with van der Waals surface area (Å²) >= 11 is 0. The van der Waals surface area contributed by atoms with Gasteiger partial charge in [-0.3, -0.25) is 0 Å². The van der Waals surface area contributed by atoms with Gasteiger partial charge in [0.25, 0.3) is 0 Å². The minimum absolute atomic E-state index is 0.146. The zero-order valence-corrected chi connectivity index (χ0v) is 13.5. The summed E-state index contributed by atoms with van der Waals surface area (Å²) in [5, 5.41) is 10.2. The molecule has 2 unspecified atom stereocenters. The Labute approximate surface area is 127 Å². The van der Waals surface area contributed by atoms with Gasteiger partial charge in [0.1, 0.15) is 11.7 Å². The van der Waals surface area contributed by atoms with E-state index in [0.29, 0.717) is 0 Å². The van der Waals surface area contributed by atoms with Crippen molar-refractivity contribution in [2.45, 2.75) is 71.2 Å². The van der Waals surface area contributed by atoms with E-state index in [1.165, 1.54) is 5.56 Å². The van der Waals surface area contributed by atoms with Crippen LogP contribution in [0, 0.1) is 5.41 Å². The summed E-state index contributed by atoms with van der Waals surface area (Å²) in [6, 6.07) is 6.06. The number of rotatable bonds is 2. The number of fused-ring (bicyclic) bond motifs is 1. The van der Waals surface area contributed by atoms with Crippen LogP contribution in [0.2, 0.25) is 0 Å². The number of aliphatic hydroxyl groups excluding tert-OH is 1. The minimum Gasteiger partial charge on any atom is -0.484 e. The Kier molecular flexibility index (Phi) is 3.44. The quantitative estimate of drug-likeness (QED) is 0.902. The van der Waals surface area contributed by atoms with Gasteiger partial charge in [-0.05, 0) is 44.6 Å². The molecule has 3 rings (SSSR count). The molecular formula is C18H26O3. The molecule has 2 aliphatic rings. The van der Waals surface area contributed by atoms with Crippen LogP contribution < -0.4 is 9.47 Å². The van der Waals surface area contributed by atoms with E-state index in [-0.39, 0.29) is 23.2 Å². The third-order valence-corrected chi connectivity index (χ3v) is 4.63. The van der Waals surface area contributed by atoms with Crippen molar-refractivity contribution in [2.75, 3.05) is 0 Å². The molecule has 116 valence electrons. The van der Waals surface area contributed by atoms with Crippen molar-refractivity contribution in [2.24, 2.45) is 5.41 Å². The second-order valence-corrected chi connectivity index (χ2v) is 7.91. The number of ether oxygens (including phenoxy) is 2. The highest BCUT2D eigenvalue weighted by Gasteiger charge is 2.37. The van der Waals surface area contributed by atoms with Crippen LogP contribution in [0.25, 0.3) is 0 Å². The van der Waals surface area contributed by atoms with Gasteiger partial charge in [-0.15, -0.1) is 0 Å². The zero-order valence-electron chi connectivity index (χ0n) is 13.5. The van der Waals surface area contributed by atoms with Gasteiger partial charge in [0.2, 0.25) is 0 Å². The molecule has 3 nitrogen and oxygen atoms in total. The number of aliphatic hydroxyl groups is 1. The molecule has 2 atom stereocenters. The van der Waals surface area contributed by atoms with Crippen molar-refractivity contribution in [3.8, 4) is 11.5 Å². The summed E-state index contributed by atoms with van der Waals surface area (Å²) in [4.78, 5) is 0. The van der Waals surface area contributed by atoms with Crippen LogP contribution in [0.4, 0.5) is 0 Å². The molecule has 0 bridgehead atoms. The van der Waals surface area contributed by atoms with Crippen LogP contribution in [0.15, 0.2) is 18.2 Å². The predicted molar refractivity (Wildman–Crippen MR) is 82.9 cm³/mol. The molecule has 0 saturated heterocycles. The molecule has 0 radical (unpaired) electrons. The van der Waals surface area contributed by atoms with Gasteiger partial charge in [0.15, 0.2) is 11.5 Å². The zero-order chi connectivity index (χ0) is 15.3. The summed E-state index contributed by atoms with van der Waals surface area (Å²) < 4.78 is 12.2. The van der Waals surface area contributed by atoms with E-state index in [1.54, 1.807) is 0 Å². The monoisotopic (exact) mass is 290 g/mol. The molecular weight excluding hydrogens is 264 g/mol. The fourth-order valence-electron chi connectivity index (χ4n) is 3.47. The molecule has 1 aromatic carbocycles. The normalized spacial score (nSPS) is 29.6. The Morgan fingerprint density at radius 3 is 2.76 bits per heavy atom. The van der Waals surface area contributed by atoms with Gasteiger partial charge in [-0.1, -0.05) is 26.0 Å². The summed E-state index contributed by atoms with van der Waals surface area (Å²) in [7, 11) is 0. The van der Waals surface area contributed by atoms with E-state index in [2.05, 4.69) is 33.8 Å². The lowest BCUT2D eigenvalue weighted by Crippen LogP contribution is -2.41. The molecule has 21 heavy (non-hydrogen) atoms. The average Bonchev–Trinajstić information content (AvgIpc) is 2.69. The summed E-state index contributed by atoms with van der Waals surface area (Å²) in [5.41, 5.74) is 1.25. The van der Waals surface area contributed by atoms with E-state index < -0.39 is 0 Å². The largest absolute Gasteiger partial charge is 0.484 e. The van der Waals surface area contributed by atoms with Crippen LogP contribution >= 0.6 is 0 Å². The molecule has 1 N–H and O–H groups in total. The molecule has 1 fully saturated rings. The maximum atomic E-state index is 10.2. The van der Waals surface area contributed by atoms with Crippen LogP contribution in [0.5, 0.6) is 11.5 Å². The van der Waals surface area contributed by atoms with Crippen LogP contribution in [0.1, 0.15) is 52.5 Å². The molecule has 1 aliphatic heterocycles. The minimum atomic E-state index is -0.386. The lowest BCUT2D eigenvalue weighted by atomic mass is 9.75. The Morgan fingerprint density at radius 2 is 2.00 bits per heavy atom. The Bertz CT molecular complexity index is 533. The van der Waals surface area contributed by atoms with Crippen molar-refractivity contribution in [3.05, 3.63) is 23.8 Å². The van der Waals surface area contributed by atoms with Gasteiger partial charge in [0.05, 0.1) is 6.10 Å². The van der Waals surface area contributed by atoms with Crippen molar-refractivity contribution in [1.29, 1.82) is 0 Å². The highest BCUT2D eigenvalue weighted by molar-refractivity contribution is 5.50. The topological polar surface area (TPSA) is 38.7 Å². The van der Waals surface area contributed by atoms with Crippen molar-refractivity contribution >= 4 is 0 Å². The number of hydrogen-bond donors (Lipinski definition) is 1. The summed E-state index contributed by atoms with van der Waals surface area (Å²) in [6.07, 6.45) is 3.10. The Balaban J connectivity index is 1.82. The van der Waals surface area contributed by atoms with Crippen LogP contribution in [0.3, 0.4) is 0 Å². The maximum absolute atomic E-state index is 10.2. The Hall–Kier alpha value is -1.22. The SMILES string of the molecule is CC1(C)CCC(O)C(Oc2cccc3c2OC(C)(C)C3)C1. The van der Waals surface area contributed by atoms with E-state index in [9.17, 15) is 5.11 Å². The smallest absolute Gasteiger partial charge is 0.165 e. The lowest BCUT2D eigenvalue weighted by Gasteiger charge is -2.38. The first kappa shape index (κ1) is 14.7. The van der Waals surface area contributed by atoms with Gasteiger partial charge < -0.3 is 14.6 Å². The molecule has 0 amide bonds. The molecule has 0 aromatic heterocycles. The number of para-hydroxylation sites is 1. The third-order valence-electron chi connectivity index (χ3n) is 4.63. The highest BCUT2D eigenvalue weighted by atomic mass is 16.5. The molecule has 1 aliphatic carbocycles. The first-order valence-electron chi connectivity index (χ1n) is 7.91.